The molecule has 0 aliphatic rings. The summed E-state index contributed by atoms with van der Waals surface area (Å²) in [6.07, 6.45) is 3.64. The van der Waals surface area contributed by atoms with Gasteiger partial charge in [-0.15, -0.1) is 29.3 Å². The fourth-order valence-electron chi connectivity index (χ4n) is 2.19. The Morgan fingerprint density at radius 2 is 2.24 bits per heavy atom. The van der Waals surface area contributed by atoms with Crippen molar-refractivity contribution in [2.24, 2.45) is 0 Å². The summed E-state index contributed by atoms with van der Waals surface area (Å²) in [5.41, 5.74) is 0.784. The molecule has 0 aliphatic heterocycles. The van der Waals surface area contributed by atoms with Crippen LogP contribution in [0.2, 0.25) is 0 Å². The Labute approximate surface area is 130 Å². The lowest BCUT2D eigenvalue weighted by molar-refractivity contribution is 0.285. The fourth-order valence-corrected chi connectivity index (χ4v) is 3.67. The second-order valence-electron chi connectivity index (χ2n) is 4.68. The number of fused-ring (bicyclic) bond motifs is 1. The minimum absolute atomic E-state index is 0.0223. The third-order valence-corrected chi connectivity index (χ3v) is 4.71. The van der Waals surface area contributed by atoms with Crippen LogP contribution in [0, 0.1) is 0 Å². The number of rotatable bonds is 6. The molecule has 0 amide bonds. The largest absolute Gasteiger partial charge is 0.289 e. The average Bonchev–Trinajstić information content (AvgIpc) is 3.10. The molecule has 0 spiro atoms. The molecule has 108 valence electrons. The van der Waals surface area contributed by atoms with Crippen LogP contribution in [0.15, 0.2) is 52.6 Å². The van der Waals surface area contributed by atoms with Crippen molar-refractivity contribution in [1.82, 2.24) is 14.3 Å². The normalized spacial score (nSPS) is 11.3. The van der Waals surface area contributed by atoms with E-state index in [-0.39, 0.29) is 5.56 Å². The van der Waals surface area contributed by atoms with Crippen LogP contribution in [0.25, 0.3) is 4.96 Å². The Morgan fingerprint density at radius 3 is 3.00 bits per heavy atom. The summed E-state index contributed by atoms with van der Waals surface area (Å²) in [6, 6.07) is 5.78. The van der Waals surface area contributed by atoms with E-state index in [9.17, 15) is 4.79 Å². The van der Waals surface area contributed by atoms with Gasteiger partial charge in [0.2, 0.25) is 0 Å². The quantitative estimate of drug-likeness (QED) is 0.656. The first-order chi connectivity index (χ1) is 10.3. The molecular formula is C15H15N3OS2. The number of thiophene rings is 1. The molecule has 3 aromatic heterocycles. The van der Waals surface area contributed by atoms with Crippen molar-refractivity contribution in [3.05, 3.63) is 68.7 Å². The monoisotopic (exact) mass is 317 g/mol. The van der Waals surface area contributed by atoms with Gasteiger partial charge in [-0.3, -0.25) is 14.1 Å². The van der Waals surface area contributed by atoms with E-state index in [0.717, 1.165) is 23.7 Å². The predicted octanol–water partition coefficient (Wildman–Crippen LogP) is 3.01. The van der Waals surface area contributed by atoms with E-state index >= 15 is 0 Å². The standard InChI is InChI=1S/C15H15N3OS2/c1-2-5-17(11-13-4-3-7-20-13)10-12-9-14(19)18-6-8-21-15(18)16-12/h2-4,6-9H,1,5,10-11H2. The van der Waals surface area contributed by atoms with E-state index in [2.05, 4.69) is 34.0 Å². The highest BCUT2D eigenvalue weighted by Gasteiger charge is 2.10. The minimum atomic E-state index is -0.0223. The number of nitrogens with zero attached hydrogens (tertiary/aromatic N) is 3. The molecule has 0 saturated carbocycles. The molecule has 21 heavy (non-hydrogen) atoms. The lowest BCUT2D eigenvalue weighted by Gasteiger charge is -2.19. The van der Waals surface area contributed by atoms with E-state index in [1.54, 1.807) is 28.0 Å². The first-order valence-electron chi connectivity index (χ1n) is 6.57. The summed E-state index contributed by atoms with van der Waals surface area (Å²) in [5, 5.41) is 3.95. The summed E-state index contributed by atoms with van der Waals surface area (Å²) in [7, 11) is 0. The Morgan fingerprint density at radius 1 is 1.33 bits per heavy atom. The van der Waals surface area contributed by atoms with Gasteiger partial charge in [-0.25, -0.2) is 4.98 Å². The van der Waals surface area contributed by atoms with Crippen LogP contribution in [0.5, 0.6) is 0 Å². The van der Waals surface area contributed by atoms with Crippen molar-refractivity contribution in [2.75, 3.05) is 6.54 Å². The molecule has 3 heterocycles. The van der Waals surface area contributed by atoms with Gasteiger partial charge >= 0.3 is 0 Å². The zero-order chi connectivity index (χ0) is 14.7. The molecule has 0 bridgehead atoms. The average molecular weight is 317 g/mol. The van der Waals surface area contributed by atoms with Crippen LogP contribution in [-0.2, 0) is 13.1 Å². The molecule has 3 rings (SSSR count). The van der Waals surface area contributed by atoms with Gasteiger partial charge in [0, 0.05) is 42.2 Å². The molecule has 0 N–H and O–H groups in total. The summed E-state index contributed by atoms with van der Waals surface area (Å²) >= 11 is 3.21. The molecule has 6 heteroatoms. The van der Waals surface area contributed by atoms with Crippen LogP contribution in [0.4, 0.5) is 0 Å². The van der Waals surface area contributed by atoms with E-state index in [1.165, 1.54) is 16.2 Å². The van der Waals surface area contributed by atoms with Crippen molar-refractivity contribution < 1.29 is 0 Å². The Hall–Kier alpha value is -1.76. The van der Waals surface area contributed by atoms with Crippen molar-refractivity contribution in [1.29, 1.82) is 0 Å². The predicted molar refractivity (Wildman–Crippen MR) is 88.0 cm³/mol. The second-order valence-corrected chi connectivity index (χ2v) is 6.58. The first kappa shape index (κ1) is 14.2. The molecule has 0 unspecified atom stereocenters. The summed E-state index contributed by atoms with van der Waals surface area (Å²) in [5.74, 6) is 0. The van der Waals surface area contributed by atoms with Crippen LogP contribution in [-0.4, -0.2) is 20.8 Å². The lowest BCUT2D eigenvalue weighted by Crippen LogP contribution is -2.24. The molecule has 0 aliphatic carbocycles. The number of aromatic nitrogens is 2. The van der Waals surface area contributed by atoms with E-state index in [1.807, 2.05) is 11.5 Å². The maximum Gasteiger partial charge on any atom is 0.258 e. The van der Waals surface area contributed by atoms with Gasteiger partial charge in [-0.05, 0) is 11.4 Å². The van der Waals surface area contributed by atoms with Crippen LogP contribution >= 0.6 is 22.7 Å². The molecule has 3 aromatic rings. The van der Waals surface area contributed by atoms with Gasteiger partial charge in [0.1, 0.15) is 0 Å². The van der Waals surface area contributed by atoms with Gasteiger partial charge in [-0.2, -0.15) is 0 Å². The van der Waals surface area contributed by atoms with Crippen LogP contribution < -0.4 is 5.56 Å². The summed E-state index contributed by atoms with van der Waals surface area (Å²) in [6.45, 7) is 6.06. The highest BCUT2D eigenvalue weighted by molar-refractivity contribution is 7.15. The lowest BCUT2D eigenvalue weighted by atomic mass is 10.3. The van der Waals surface area contributed by atoms with Crippen molar-refractivity contribution >= 4 is 27.6 Å². The molecule has 4 nitrogen and oxygen atoms in total. The molecule has 0 atom stereocenters. The number of hydrogen-bond donors (Lipinski definition) is 0. The van der Waals surface area contributed by atoms with Gasteiger partial charge < -0.3 is 0 Å². The Bertz CT molecular complexity index is 789. The molecule has 0 aromatic carbocycles. The SMILES string of the molecule is C=CCN(Cc1cc(=O)n2ccsc2n1)Cc1cccs1. The van der Waals surface area contributed by atoms with Crippen molar-refractivity contribution in [3.8, 4) is 0 Å². The van der Waals surface area contributed by atoms with E-state index < -0.39 is 0 Å². The second kappa shape index (κ2) is 6.34. The smallest absolute Gasteiger partial charge is 0.258 e. The molecule has 0 radical (unpaired) electrons. The highest BCUT2D eigenvalue weighted by atomic mass is 32.1. The fraction of sp³-hybridized carbons (Fsp3) is 0.200. The van der Waals surface area contributed by atoms with E-state index in [0.29, 0.717) is 6.54 Å². The summed E-state index contributed by atoms with van der Waals surface area (Å²) in [4.78, 5) is 20.8. The van der Waals surface area contributed by atoms with Crippen molar-refractivity contribution in [3.63, 3.8) is 0 Å². The molecular weight excluding hydrogens is 302 g/mol. The zero-order valence-electron chi connectivity index (χ0n) is 11.4. The van der Waals surface area contributed by atoms with Crippen LogP contribution in [0.1, 0.15) is 10.6 Å². The van der Waals surface area contributed by atoms with Gasteiger partial charge in [0.15, 0.2) is 4.96 Å². The van der Waals surface area contributed by atoms with E-state index in [4.69, 9.17) is 0 Å². The minimum Gasteiger partial charge on any atom is -0.289 e. The zero-order valence-corrected chi connectivity index (χ0v) is 13.1. The third kappa shape index (κ3) is 3.29. The highest BCUT2D eigenvalue weighted by Crippen LogP contribution is 2.14. The van der Waals surface area contributed by atoms with Crippen molar-refractivity contribution in [2.45, 2.75) is 13.1 Å². The Balaban J connectivity index is 1.83. The number of thiazole rings is 1. The van der Waals surface area contributed by atoms with Crippen LogP contribution in [0.3, 0.4) is 0 Å². The third-order valence-electron chi connectivity index (χ3n) is 3.09. The number of hydrogen-bond acceptors (Lipinski definition) is 5. The molecule has 0 saturated heterocycles. The molecule has 0 fully saturated rings. The maximum absolute atomic E-state index is 12.0. The topological polar surface area (TPSA) is 37.6 Å². The maximum atomic E-state index is 12.0. The van der Waals surface area contributed by atoms with Gasteiger partial charge in [0.25, 0.3) is 5.56 Å². The summed E-state index contributed by atoms with van der Waals surface area (Å²) < 4.78 is 1.57. The Kier molecular flexibility index (Phi) is 4.28. The first-order valence-corrected chi connectivity index (χ1v) is 8.33. The van der Waals surface area contributed by atoms with Gasteiger partial charge in [-0.1, -0.05) is 12.1 Å². The van der Waals surface area contributed by atoms with Gasteiger partial charge in [0.05, 0.1) is 5.69 Å².